The average molecular weight is 360 g/mol. The number of aromatic amines is 1. The number of aliphatic carboxylic acids is 1. The summed E-state index contributed by atoms with van der Waals surface area (Å²) in [6, 6.07) is 5.58. The molecule has 0 spiro atoms. The van der Waals surface area contributed by atoms with Gasteiger partial charge in [-0.15, -0.1) is 0 Å². The largest absolute Gasteiger partial charge is 0.480 e. The van der Waals surface area contributed by atoms with Crippen molar-refractivity contribution in [3.63, 3.8) is 0 Å². The summed E-state index contributed by atoms with van der Waals surface area (Å²) in [5, 5.41) is 15.9. The number of nitrogens with one attached hydrogen (secondary N) is 1. The summed E-state index contributed by atoms with van der Waals surface area (Å²) >= 11 is 0. The number of carbonyl (C=O) groups is 2. The first-order valence-electron chi connectivity index (χ1n) is 8.77. The molecule has 8 heteroatoms. The van der Waals surface area contributed by atoms with E-state index in [1.165, 1.54) is 0 Å². The van der Waals surface area contributed by atoms with Crippen LogP contribution in [-0.4, -0.2) is 69.7 Å². The van der Waals surface area contributed by atoms with Gasteiger partial charge in [0.2, 0.25) is 0 Å². The van der Waals surface area contributed by atoms with Gasteiger partial charge in [0.1, 0.15) is 11.5 Å². The zero-order valence-corrected chi connectivity index (χ0v) is 15.1. The van der Waals surface area contributed by atoms with Crippen LogP contribution in [0.3, 0.4) is 0 Å². The first-order chi connectivity index (χ1) is 12.4. The van der Waals surface area contributed by atoms with Crippen LogP contribution in [0.25, 0.3) is 11.5 Å². The smallest absolute Gasteiger partial charge is 0.317 e. The molecule has 1 aliphatic heterocycles. The molecule has 0 bridgehead atoms. The Hall–Kier alpha value is -2.61. The maximum atomic E-state index is 12.8. The zero-order chi connectivity index (χ0) is 18.7. The number of aromatic nitrogens is 2. The first-order valence-corrected chi connectivity index (χ1v) is 8.77. The summed E-state index contributed by atoms with van der Waals surface area (Å²) < 4.78 is 5.55. The van der Waals surface area contributed by atoms with Crippen LogP contribution in [0.1, 0.15) is 35.5 Å². The zero-order valence-electron chi connectivity index (χ0n) is 15.1. The van der Waals surface area contributed by atoms with E-state index in [4.69, 9.17) is 9.52 Å². The molecule has 3 heterocycles. The lowest BCUT2D eigenvalue weighted by atomic mass is 10.1. The fraction of sp³-hybridized carbons (Fsp3) is 0.500. The maximum Gasteiger partial charge on any atom is 0.317 e. The van der Waals surface area contributed by atoms with Crippen LogP contribution in [-0.2, 0) is 4.79 Å². The van der Waals surface area contributed by atoms with Gasteiger partial charge in [-0.3, -0.25) is 19.6 Å². The molecule has 2 N–H and O–H groups in total. The Kier molecular flexibility index (Phi) is 5.41. The minimum atomic E-state index is -0.832. The highest BCUT2D eigenvalue weighted by molar-refractivity contribution is 5.93. The van der Waals surface area contributed by atoms with Gasteiger partial charge in [0.25, 0.3) is 5.91 Å². The summed E-state index contributed by atoms with van der Waals surface area (Å²) in [5.74, 6) is 0.506. The predicted octanol–water partition coefficient (Wildman–Crippen LogP) is 1.99. The minimum absolute atomic E-state index is 0.0178. The van der Waals surface area contributed by atoms with Gasteiger partial charge in [-0.05, 0) is 45.4 Å². The monoisotopic (exact) mass is 360 g/mol. The number of likely N-dealkylation sites (tertiary alicyclic amines) is 1. The topological polar surface area (TPSA) is 103 Å². The van der Waals surface area contributed by atoms with Crippen LogP contribution >= 0.6 is 0 Å². The lowest BCUT2D eigenvalue weighted by Crippen LogP contribution is -2.37. The molecule has 0 radical (unpaired) electrons. The normalized spacial score (nSPS) is 18.1. The molecule has 140 valence electrons. The summed E-state index contributed by atoms with van der Waals surface area (Å²) in [4.78, 5) is 27.3. The molecular formula is C18H24N4O4. The van der Waals surface area contributed by atoms with Crippen molar-refractivity contribution in [2.75, 3.05) is 26.7 Å². The molecule has 1 amide bonds. The number of rotatable bonds is 5. The van der Waals surface area contributed by atoms with E-state index < -0.39 is 5.97 Å². The molecule has 2 aromatic rings. The summed E-state index contributed by atoms with van der Waals surface area (Å²) in [7, 11) is 1.82. The third kappa shape index (κ3) is 4.13. The van der Waals surface area contributed by atoms with E-state index in [1.807, 2.05) is 31.0 Å². The molecule has 1 unspecified atom stereocenters. The van der Waals surface area contributed by atoms with Crippen LogP contribution in [0, 0.1) is 6.92 Å². The van der Waals surface area contributed by atoms with E-state index >= 15 is 0 Å². The van der Waals surface area contributed by atoms with Gasteiger partial charge in [-0.2, -0.15) is 5.10 Å². The van der Waals surface area contributed by atoms with E-state index in [2.05, 4.69) is 10.2 Å². The Morgan fingerprint density at radius 2 is 2.19 bits per heavy atom. The number of furan rings is 1. The van der Waals surface area contributed by atoms with Crippen molar-refractivity contribution in [1.82, 2.24) is 20.0 Å². The molecule has 26 heavy (non-hydrogen) atoms. The molecule has 0 aliphatic carbocycles. The number of aryl methyl sites for hydroxylation is 1. The van der Waals surface area contributed by atoms with Gasteiger partial charge in [-0.25, -0.2) is 0 Å². The molecular weight excluding hydrogens is 336 g/mol. The molecule has 1 fully saturated rings. The fourth-order valence-electron chi connectivity index (χ4n) is 3.36. The second-order valence-corrected chi connectivity index (χ2v) is 6.76. The van der Waals surface area contributed by atoms with Crippen LogP contribution in [0.5, 0.6) is 0 Å². The lowest BCUT2D eigenvalue weighted by molar-refractivity contribution is -0.138. The summed E-state index contributed by atoms with van der Waals surface area (Å²) in [6.45, 7) is 3.12. The molecule has 0 aromatic carbocycles. The minimum Gasteiger partial charge on any atom is -0.480 e. The Labute approximate surface area is 151 Å². The highest BCUT2D eigenvalue weighted by Gasteiger charge is 2.26. The number of hydrogen-bond donors (Lipinski definition) is 2. The van der Waals surface area contributed by atoms with Crippen molar-refractivity contribution >= 4 is 11.9 Å². The second-order valence-electron chi connectivity index (χ2n) is 6.76. The second kappa shape index (κ2) is 7.74. The van der Waals surface area contributed by atoms with Crippen LogP contribution in [0.2, 0.25) is 0 Å². The van der Waals surface area contributed by atoms with E-state index in [0.717, 1.165) is 25.0 Å². The number of amides is 1. The lowest BCUT2D eigenvalue weighted by Gasteiger charge is -2.25. The van der Waals surface area contributed by atoms with E-state index in [-0.39, 0.29) is 18.5 Å². The van der Waals surface area contributed by atoms with Gasteiger partial charge in [0, 0.05) is 25.2 Å². The number of carboxylic acid groups (broad SMARTS) is 1. The van der Waals surface area contributed by atoms with E-state index in [0.29, 0.717) is 30.2 Å². The highest BCUT2D eigenvalue weighted by atomic mass is 16.4. The molecule has 8 nitrogen and oxygen atoms in total. The van der Waals surface area contributed by atoms with Crippen molar-refractivity contribution in [2.24, 2.45) is 0 Å². The predicted molar refractivity (Wildman–Crippen MR) is 94.8 cm³/mol. The summed E-state index contributed by atoms with van der Waals surface area (Å²) in [5.41, 5.74) is 1.04. The van der Waals surface area contributed by atoms with Crippen molar-refractivity contribution in [2.45, 2.75) is 32.2 Å². The molecule has 2 aromatic heterocycles. The van der Waals surface area contributed by atoms with E-state index in [1.54, 1.807) is 11.0 Å². The number of carbonyl (C=O) groups excluding carboxylic acids is 1. The van der Waals surface area contributed by atoms with Crippen LogP contribution in [0.15, 0.2) is 22.6 Å². The van der Waals surface area contributed by atoms with Crippen molar-refractivity contribution < 1.29 is 19.1 Å². The number of carboxylic acids is 1. The standard InChI is InChI=1S/C18H24N4O4/c1-12-5-6-16(26-12)14-10-15(20-19-14)18(25)22-8-3-4-13(7-9-22)21(2)11-17(23)24/h5-6,10,13H,3-4,7-9,11H2,1-2H3,(H,19,20)(H,23,24). The number of H-pyrrole nitrogens is 1. The van der Waals surface area contributed by atoms with E-state index in [9.17, 15) is 9.59 Å². The first kappa shape index (κ1) is 18.2. The summed E-state index contributed by atoms with van der Waals surface area (Å²) in [6.07, 6.45) is 2.48. The van der Waals surface area contributed by atoms with Gasteiger partial charge < -0.3 is 14.4 Å². The Morgan fingerprint density at radius 3 is 2.88 bits per heavy atom. The molecule has 1 saturated heterocycles. The Balaban J connectivity index is 1.63. The van der Waals surface area contributed by atoms with Gasteiger partial charge in [-0.1, -0.05) is 0 Å². The van der Waals surface area contributed by atoms with Crippen molar-refractivity contribution in [1.29, 1.82) is 0 Å². The SMILES string of the molecule is Cc1ccc(-c2cc(C(=O)N3CCCC(N(C)CC(=O)O)CC3)n[nH]2)o1. The fourth-order valence-corrected chi connectivity index (χ4v) is 3.36. The molecule has 3 rings (SSSR count). The average Bonchev–Trinajstić information content (AvgIpc) is 3.16. The highest BCUT2D eigenvalue weighted by Crippen LogP contribution is 2.22. The van der Waals surface area contributed by atoms with Crippen LogP contribution in [0.4, 0.5) is 0 Å². The molecule has 1 atom stereocenters. The van der Waals surface area contributed by atoms with Crippen molar-refractivity contribution in [3.8, 4) is 11.5 Å². The van der Waals surface area contributed by atoms with Gasteiger partial charge >= 0.3 is 5.97 Å². The molecule has 1 aliphatic rings. The number of likely N-dealkylation sites (N-methyl/N-ethyl adjacent to an activating group) is 1. The quantitative estimate of drug-likeness (QED) is 0.845. The van der Waals surface area contributed by atoms with Gasteiger partial charge in [0.05, 0.1) is 6.54 Å². The third-order valence-electron chi connectivity index (χ3n) is 4.80. The Bertz CT molecular complexity index is 782. The van der Waals surface area contributed by atoms with Gasteiger partial charge in [0.15, 0.2) is 11.5 Å². The van der Waals surface area contributed by atoms with Crippen LogP contribution < -0.4 is 0 Å². The third-order valence-corrected chi connectivity index (χ3v) is 4.80. The maximum absolute atomic E-state index is 12.8. The number of hydrogen-bond acceptors (Lipinski definition) is 5. The van der Waals surface area contributed by atoms with Crippen molar-refractivity contribution in [3.05, 3.63) is 29.7 Å². The molecule has 0 saturated carbocycles. The Morgan fingerprint density at radius 1 is 1.38 bits per heavy atom. The number of nitrogens with zero attached hydrogens (tertiary/aromatic N) is 3.